The van der Waals surface area contributed by atoms with Gasteiger partial charge in [-0.05, 0) is 38.6 Å². The Hall–Kier alpha value is -1.75. The molecular weight excluding hydrogens is 226 g/mol. The number of hydrogen-bond acceptors (Lipinski definition) is 4. The highest BCUT2D eigenvalue weighted by molar-refractivity contribution is 5.17. The lowest BCUT2D eigenvalue weighted by atomic mass is 10.0. The van der Waals surface area contributed by atoms with E-state index in [2.05, 4.69) is 33.6 Å². The van der Waals surface area contributed by atoms with Crippen molar-refractivity contribution < 1.29 is 0 Å². The van der Waals surface area contributed by atoms with Crippen LogP contribution < -0.4 is 5.32 Å². The molecule has 1 N–H and O–H groups in total. The molecule has 2 aromatic rings. The van der Waals surface area contributed by atoms with Crippen LogP contribution in [-0.2, 0) is 13.0 Å². The number of hydrogen-bond donors (Lipinski definition) is 1. The summed E-state index contributed by atoms with van der Waals surface area (Å²) < 4.78 is 2.05. The smallest absolute Gasteiger partial charge is 0.0596 e. The molecule has 0 aliphatic rings. The molecule has 1 atom stereocenters. The third-order valence-electron chi connectivity index (χ3n) is 3.06. The summed E-state index contributed by atoms with van der Waals surface area (Å²) in [4.78, 5) is 0. The maximum Gasteiger partial charge on any atom is 0.0596 e. The quantitative estimate of drug-likeness (QED) is 0.867. The highest BCUT2D eigenvalue weighted by Crippen LogP contribution is 2.17. The second-order valence-corrected chi connectivity index (χ2v) is 4.31. The molecule has 2 heterocycles. The van der Waals surface area contributed by atoms with Crippen molar-refractivity contribution in [1.82, 2.24) is 25.3 Å². The molecule has 1 unspecified atom stereocenters. The van der Waals surface area contributed by atoms with Gasteiger partial charge in [-0.1, -0.05) is 0 Å². The highest BCUT2D eigenvalue weighted by atomic mass is 15.3. The third kappa shape index (κ3) is 2.73. The standard InChI is InChI=1S/C13H19N5/c1-4-18-12(7-10(2)17-18)8-13(14-3)11-5-6-15-16-9-11/h5-7,9,13-14H,4,8H2,1-3H3. The Morgan fingerprint density at radius 2 is 2.22 bits per heavy atom. The normalized spacial score (nSPS) is 12.6. The van der Waals surface area contributed by atoms with Crippen LogP contribution in [0.2, 0.25) is 0 Å². The minimum atomic E-state index is 0.238. The second kappa shape index (κ2) is 5.73. The van der Waals surface area contributed by atoms with Crippen LogP contribution in [0.3, 0.4) is 0 Å². The molecule has 0 bridgehead atoms. The Balaban J connectivity index is 2.20. The summed E-state index contributed by atoms with van der Waals surface area (Å²) in [6, 6.07) is 4.37. The maximum atomic E-state index is 4.47. The summed E-state index contributed by atoms with van der Waals surface area (Å²) >= 11 is 0. The first-order valence-corrected chi connectivity index (χ1v) is 6.21. The van der Waals surface area contributed by atoms with Crippen LogP contribution in [0.4, 0.5) is 0 Å². The molecule has 5 heteroatoms. The molecule has 5 nitrogen and oxygen atoms in total. The number of likely N-dealkylation sites (N-methyl/N-ethyl adjacent to an activating group) is 1. The van der Waals surface area contributed by atoms with Gasteiger partial charge in [0.15, 0.2) is 0 Å². The zero-order chi connectivity index (χ0) is 13.0. The Kier molecular flexibility index (Phi) is 4.04. The van der Waals surface area contributed by atoms with Crippen LogP contribution >= 0.6 is 0 Å². The van der Waals surface area contributed by atoms with Gasteiger partial charge in [0.2, 0.25) is 0 Å². The van der Waals surface area contributed by atoms with Crippen LogP contribution in [0.15, 0.2) is 24.5 Å². The van der Waals surface area contributed by atoms with Crippen molar-refractivity contribution >= 4 is 0 Å². The number of nitrogens with one attached hydrogen (secondary N) is 1. The molecule has 0 saturated heterocycles. The minimum Gasteiger partial charge on any atom is -0.313 e. The molecule has 2 rings (SSSR count). The summed E-state index contributed by atoms with van der Waals surface area (Å²) in [5.41, 5.74) is 3.45. The SMILES string of the molecule is CCn1nc(C)cc1CC(NC)c1ccnnc1. The van der Waals surface area contributed by atoms with Crippen molar-refractivity contribution in [2.45, 2.75) is 32.9 Å². The lowest BCUT2D eigenvalue weighted by molar-refractivity contribution is 0.539. The molecule has 18 heavy (non-hydrogen) atoms. The fourth-order valence-electron chi connectivity index (χ4n) is 2.14. The van der Waals surface area contributed by atoms with Gasteiger partial charge in [-0.3, -0.25) is 4.68 Å². The predicted octanol–water partition coefficient (Wildman–Crippen LogP) is 1.50. The first-order chi connectivity index (χ1) is 8.74. The van der Waals surface area contributed by atoms with Crippen molar-refractivity contribution in [2.75, 3.05) is 7.05 Å². The fraction of sp³-hybridized carbons (Fsp3) is 0.462. The van der Waals surface area contributed by atoms with Crippen molar-refractivity contribution in [3.63, 3.8) is 0 Å². The monoisotopic (exact) mass is 245 g/mol. The van der Waals surface area contributed by atoms with Gasteiger partial charge in [0.1, 0.15) is 0 Å². The molecule has 0 spiro atoms. The summed E-state index contributed by atoms with van der Waals surface area (Å²) in [7, 11) is 1.96. The van der Waals surface area contributed by atoms with E-state index in [1.807, 2.05) is 24.7 Å². The predicted molar refractivity (Wildman–Crippen MR) is 70.2 cm³/mol. The van der Waals surface area contributed by atoms with E-state index in [9.17, 15) is 0 Å². The largest absolute Gasteiger partial charge is 0.313 e. The van der Waals surface area contributed by atoms with Gasteiger partial charge in [-0.25, -0.2) is 0 Å². The first kappa shape index (κ1) is 12.7. The van der Waals surface area contributed by atoms with E-state index >= 15 is 0 Å². The number of nitrogens with zero attached hydrogens (tertiary/aromatic N) is 4. The summed E-state index contributed by atoms with van der Waals surface area (Å²) in [5, 5.41) is 15.5. The van der Waals surface area contributed by atoms with Gasteiger partial charge >= 0.3 is 0 Å². The number of aromatic nitrogens is 4. The molecule has 0 amide bonds. The summed E-state index contributed by atoms with van der Waals surface area (Å²) in [6.45, 7) is 5.03. The van der Waals surface area contributed by atoms with Gasteiger partial charge in [0.05, 0.1) is 11.9 Å². The van der Waals surface area contributed by atoms with Crippen molar-refractivity contribution in [3.8, 4) is 0 Å². The number of aryl methyl sites for hydroxylation is 2. The second-order valence-electron chi connectivity index (χ2n) is 4.31. The Morgan fingerprint density at radius 1 is 1.39 bits per heavy atom. The van der Waals surface area contributed by atoms with Crippen molar-refractivity contribution in [1.29, 1.82) is 0 Å². The van der Waals surface area contributed by atoms with Gasteiger partial charge < -0.3 is 5.32 Å². The average Bonchev–Trinajstić information content (AvgIpc) is 2.77. The van der Waals surface area contributed by atoms with Gasteiger partial charge in [0, 0.05) is 30.9 Å². The topological polar surface area (TPSA) is 55.6 Å². The maximum absolute atomic E-state index is 4.47. The molecule has 0 radical (unpaired) electrons. The zero-order valence-electron chi connectivity index (χ0n) is 11.1. The van der Waals surface area contributed by atoms with Crippen LogP contribution in [0, 0.1) is 6.92 Å². The Labute approximate surface area is 107 Å². The van der Waals surface area contributed by atoms with Gasteiger partial charge in [0.25, 0.3) is 0 Å². The van der Waals surface area contributed by atoms with Crippen molar-refractivity contribution in [2.24, 2.45) is 0 Å². The van der Waals surface area contributed by atoms with E-state index in [0.717, 1.165) is 24.2 Å². The molecule has 0 aromatic carbocycles. The van der Waals surface area contributed by atoms with Crippen LogP contribution in [0.1, 0.15) is 29.9 Å². The van der Waals surface area contributed by atoms with E-state index in [1.165, 1.54) is 5.69 Å². The van der Waals surface area contributed by atoms with Crippen LogP contribution in [-0.4, -0.2) is 27.0 Å². The summed E-state index contributed by atoms with van der Waals surface area (Å²) in [6.07, 6.45) is 4.43. The van der Waals surface area contributed by atoms with E-state index in [4.69, 9.17) is 0 Å². The van der Waals surface area contributed by atoms with E-state index < -0.39 is 0 Å². The highest BCUT2D eigenvalue weighted by Gasteiger charge is 2.13. The molecule has 0 saturated carbocycles. The van der Waals surface area contributed by atoms with Gasteiger partial charge in [-0.2, -0.15) is 15.3 Å². The molecule has 2 aromatic heterocycles. The number of rotatable bonds is 5. The molecule has 96 valence electrons. The van der Waals surface area contributed by atoms with E-state index in [1.54, 1.807) is 12.4 Å². The molecule has 0 aliphatic carbocycles. The Bertz CT molecular complexity index is 491. The first-order valence-electron chi connectivity index (χ1n) is 6.21. The van der Waals surface area contributed by atoms with E-state index in [-0.39, 0.29) is 6.04 Å². The zero-order valence-corrected chi connectivity index (χ0v) is 11.1. The fourth-order valence-corrected chi connectivity index (χ4v) is 2.14. The Morgan fingerprint density at radius 3 is 2.83 bits per heavy atom. The third-order valence-corrected chi connectivity index (χ3v) is 3.06. The minimum absolute atomic E-state index is 0.238. The molecular formula is C13H19N5. The van der Waals surface area contributed by atoms with Gasteiger partial charge in [-0.15, -0.1) is 0 Å². The summed E-state index contributed by atoms with van der Waals surface area (Å²) in [5.74, 6) is 0. The lowest BCUT2D eigenvalue weighted by Crippen LogP contribution is -2.20. The van der Waals surface area contributed by atoms with Crippen molar-refractivity contribution in [3.05, 3.63) is 41.5 Å². The molecule has 0 aliphatic heterocycles. The van der Waals surface area contributed by atoms with Crippen LogP contribution in [0.5, 0.6) is 0 Å². The average molecular weight is 245 g/mol. The lowest BCUT2D eigenvalue weighted by Gasteiger charge is -2.16. The molecule has 0 fully saturated rings. The van der Waals surface area contributed by atoms with E-state index in [0.29, 0.717) is 0 Å². The van der Waals surface area contributed by atoms with Crippen LogP contribution in [0.25, 0.3) is 0 Å².